The molecular formula is C15H21BrN2O3. The van der Waals surface area contributed by atoms with Crippen LogP contribution in [-0.2, 0) is 4.79 Å². The molecule has 0 fully saturated rings. The highest BCUT2D eigenvalue weighted by molar-refractivity contribution is 9.10. The predicted molar refractivity (Wildman–Crippen MR) is 86.7 cm³/mol. The third-order valence-corrected chi connectivity index (χ3v) is 4.34. The van der Waals surface area contributed by atoms with Gasteiger partial charge in [-0.2, -0.15) is 0 Å². The second kappa shape index (κ2) is 8.02. The van der Waals surface area contributed by atoms with Crippen molar-refractivity contribution in [2.24, 2.45) is 0 Å². The van der Waals surface area contributed by atoms with Crippen molar-refractivity contribution in [3.63, 3.8) is 0 Å². The van der Waals surface area contributed by atoms with Crippen molar-refractivity contribution in [3.8, 4) is 0 Å². The lowest BCUT2D eigenvalue weighted by Gasteiger charge is -2.17. The number of aliphatic carboxylic acids is 1. The van der Waals surface area contributed by atoms with Crippen LogP contribution < -0.4 is 10.6 Å². The fourth-order valence-electron chi connectivity index (χ4n) is 2.16. The molecule has 0 saturated heterocycles. The molecule has 0 aromatic heterocycles. The summed E-state index contributed by atoms with van der Waals surface area (Å²) < 4.78 is 1.02. The number of carbonyl (C=O) groups excluding carboxylic acids is 1. The lowest BCUT2D eigenvalue weighted by molar-refractivity contribution is -0.137. The van der Waals surface area contributed by atoms with Gasteiger partial charge in [0.15, 0.2) is 0 Å². The molecule has 1 rings (SSSR count). The zero-order valence-corrected chi connectivity index (χ0v) is 14.1. The van der Waals surface area contributed by atoms with Crippen LogP contribution in [0.4, 0.5) is 10.5 Å². The number of anilines is 1. The van der Waals surface area contributed by atoms with Gasteiger partial charge in [0.05, 0.1) is 6.42 Å². The van der Waals surface area contributed by atoms with Gasteiger partial charge in [-0.25, -0.2) is 4.79 Å². The van der Waals surface area contributed by atoms with E-state index in [1.54, 1.807) is 0 Å². The summed E-state index contributed by atoms with van der Waals surface area (Å²) in [7, 11) is 0. The Morgan fingerprint density at radius 2 is 1.86 bits per heavy atom. The molecule has 116 valence electrons. The summed E-state index contributed by atoms with van der Waals surface area (Å²) in [5.74, 6) is -0.913. The van der Waals surface area contributed by atoms with Gasteiger partial charge in [-0.15, -0.1) is 0 Å². The molecule has 0 bridgehead atoms. The molecular weight excluding hydrogens is 336 g/mol. The molecule has 0 aliphatic rings. The minimum absolute atomic E-state index is 0.0698. The monoisotopic (exact) mass is 356 g/mol. The molecule has 0 radical (unpaired) electrons. The van der Waals surface area contributed by atoms with Gasteiger partial charge in [0, 0.05) is 16.2 Å². The van der Waals surface area contributed by atoms with Gasteiger partial charge in [0.1, 0.15) is 0 Å². The maximum Gasteiger partial charge on any atom is 0.319 e. The Morgan fingerprint density at radius 1 is 1.29 bits per heavy atom. The van der Waals surface area contributed by atoms with Crippen molar-refractivity contribution in [1.82, 2.24) is 5.32 Å². The molecule has 1 aromatic rings. The van der Waals surface area contributed by atoms with Crippen molar-refractivity contribution in [2.45, 2.75) is 46.1 Å². The van der Waals surface area contributed by atoms with E-state index in [-0.39, 0.29) is 18.5 Å². The highest BCUT2D eigenvalue weighted by Crippen LogP contribution is 2.24. The summed E-state index contributed by atoms with van der Waals surface area (Å²) in [6.45, 7) is 5.85. The third kappa shape index (κ3) is 5.75. The number of carboxylic acids is 1. The molecule has 2 amide bonds. The minimum atomic E-state index is -0.913. The second-order valence-corrected chi connectivity index (χ2v) is 5.90. The molecule has 21 heavy (non-hydrogen) atoms. The van der Waals surface area contributed by atoms with E-state index in [0.717, 1.165) is 22.0 Å². The fourth-order valence-corrected chi connectivity index (χ4v) is 2.38. The van der Waals surface area contributed by atoms with Crippen molar-refractivity contribution in [3.05, 3.63) is 27.7 Å². The number of hydrogen-bond donors (Lipinski definition) is 3. The number of carboxylic acid groups (broad SMARTS) is 1. The zero-order chi connectivity index (χ0) is 16.0. The van der Waals surface area contributed by atoms with E-state index in [1.165, 1.54) is 0 Å². The number of halogens is 1. The summed E-state index contributed by atoms with van der Waals surface area (Å²) in [5.41, 5.74) is 2.75. The lowest BCUT2D eigenvalue weighted by Crippen LogP contribution is -2.39. The molecule has 0 saturated carbocycles. The average molecular weight is 357 g/mol. The van der Waals surface area contributed by atoms with Crippen molar-refractivity contribution in [1.29, 1.82) is 0 Å². The number of amides is 2. The topological polar surface area (TPSA) is 78.4 Å². The predicted octanol–water partition coefficient (Wildman–Crippen LogP) is 3.83. The van der Waals surface area contributed by atoms with Crippen molar-refractivity contribution < 1.29 is 14.7 Å². The number of carbonyl (C=O) groups is 2. The second-order valence-electron chi connectivity index (χ2n) is 5.11. The van der Waals surface area contributed by atoms with E-state index in [1.807, 2.05) is 32.9 Å². The molecule has 1 atom stereocenters. The Morgan fingerprint density at radius 3 is 2.33 bits per heavy atom. The first-order valence-corrected chi connectivity index (χ1v) is 7.68. The van der Waals surface area contributed by atoms with Gasteiger partial charge >= 0.3 is 12.0 Å². The summed E-state index contributed by atoms with van der Waals surface area (Å²) >= 11 is 3.47. The van der Waals surface area contributed by atoms with Gasteiger partial charge in [-0.1, -0.05) is 29.3 Å². The van der Waals surface area contributed by atoms with Crippen LogP contribution in [0, 0.1) is 13.8 Å². The van der Waals surface area contributed by atoms with Crippen LogP contribution in [0.5, 0.6) is 0 Å². The van der Waals surface area contributed by atoms with Gasteiger partial charge < -0.3 is 15.7 Å². The van der Waals surface area contributed by atoms with Crippen LogP contribution in [0.1, 0.15) is 37.3 Å². The minimum Gasteiger partial charge on any atom is -0.481 e. The summed E-state index contributed by atoms with van der Waals surface area (Å²) in [5, 5.41) is 14.3. The number of urea groups is 1. The van der Waals surface area contributed by atoms with Gasteiger partial charge in [-0.3, -0.25) is 4.79 Å². The maximum absolute atomic E-state index is 12.0. The average Bonchev–Trinajstić information content (AvgIpc) is 2.35. The van der Waals surface area contributed by atoms with Gasteiger partial charge in [0.2, 0.25) is 0 Å². The van der Waals surface area contributed by atoms with Gasteiger partial charge in [0.25, 0.3) is 0 Å². The first-order chi connectivity index (χ1) is 9.83. The Hall–Kier alpha value is -1.56. The molecule has 3 N–H and O–H groups in total. The van der Waals surface area contributed by atoms with E-state index in [4.69, 9.17) is 5.11 Å². The molecule has 0 aliphatic heterocycles. The standard InChI is InChI=1S/C15H21BrN2O3/c1-4-5-11(8-13(19)20)17-15(21)18-12-6-9(2)14(16)10(3)7-12/h6-7,11H,4-5,8H2,1-3H3,(H,19,20)(H2,17,18,21). The van der Waals surface area contributed by atoms with E-state index < -0.39 is 5.97 Å². The smallest absolute Gasteiger partial charge is 0.319 e. The molecule has 0 spiro atoms. The Labute approximate surface area is 133 Å². The fraction of sp³-hybridized carbons (Fsp3) is 0.467. The maximum atomic E-state index is 12.0. The summed E-state index contributed by atoms with van der Waals surface area (Å²) in [6.07, 6.45) is 1.38. The normalized spacial score (nSPS) is 11.8. The Balaban J connectivity index is 2.69. The van der Waals surface area contributed by atoms with Crippen LogP contribution in [0.3, 0.4) is 0 Å². The Bertz CT molecular complexity index is 509. The van der Waals surface area contributed by atoms with Crippen LogP contribution >= 0.6 is 15.9 Å². The van der Waals surface area contributed by atoms with E-state index in [9.17, 15) is 9.59 Å². The molecule has 6 heteroatoms. The van der Waals surface area contributed by atoms with E-state index in [2.05, 4.69) is 26.6 Å². The summed E-state index contributed by atoms with van der Waals surface area (Å²) in [6, 6.07) is 2.99. The Kier molecular flexibility index (Phi) is 6.68. The first-order valence-electron chi connectivity index (χ1n) is 6.89. The van der Waals surface area contributed by atoms with Crippen molar-refractivity contribution >= 4 is 33.6 Å². The van der Waals surface area contributed by atoms with Crippen molar-refractivity contribution in [2.75, 3.05) is 5.32 Å². The molecule has 0 aliphatic carbocycles. The SMILES string of the molecule is CCCC(CC(=O)O)NC(=O)Nc1cc(C)c(Br)c(C)c1. The van der Waals surface area contributed by atoms with Crippen LogP contribution in [0.2, 0.25) is 0 Å². The number of nitrogens with one attached hydrogen (secondary N) is 2. The number of benzene rings is 1. The molecule has 0 heterocycles. The van der Waals surface area contributed by atoms with E-state index >= 15 is 0 Å². The highest BCUT2D eigenvalue weighted by atomic mass is 79.9. The van der Waals surface area contributed by atoms with Crippen LogP contribution in [0.25, 0.3) is 0 Å². The molecule has 1 unspecified atom stereocenters. The van der Waals surface area contributed by atoms with Crippen LogP contribution in [-0.4, -0.2) is 23.1 Å². The lowest BCUT2D eigenvalue weighted by atomic mass is 10.1. The van der Waals surface area contributed by atoms with Gasteiger partial charge in [-0.05, 0) is 43.5 Å². The van der Waals surface area contributed by atoms with E-state index in [0.29, 0.717) is 12.1 Å². The van der Waals surface area contributed by atoms with Crippen LogP contribution in [0.15, 0.2) is 16.6 Å². The number of rotatable bonds is 6. The number of hydrogen-bond acceptors (Lipinski definition) is 2. The number of aryl methyl sites for hydroxylation is 2. The molecule has 1 aromatic carbocycles. The summed E-state index contributed by atoms with van der Waals surface area (Å²) in [4.78, 5) is 22.7. The first kappa shape index (κ1) is 17.5. The molecule has 5 nitrogen and oxygen atoms in total. The third-order valence-electron chi connectivity index (χ3n) is 3.09. The highest BCUT2D eigenvalue weighted by Gasteiger charge is 2.15. The zero-order valence-electron chi connectivity index (χ0n) is 12.5. The largest absolute Gasteiger partial charge is 0.481 e. The quantitative estimate of drug-likeness (QED) is 0.724.